The standard InChI is InChI=1S/C14H15F3N6OS/c1-20-11-10(18)12(23-13(19)22-11)25-6-9(24)21-8-4-2-3-7(5-8)14(15,16)17/h2-5H,6,18H2,1H3,(H,21,24)(H3,19,20,22,23). The lowest BCUT2D eigenvalue weighted by atomic mass is 10.2. The van der Waals surface area contributed by atoms with Gasteiger partial charge in [0.15, 0.2) is 5.82 Å². The molecule has 11 heteroatoms. The number of alkyl halides is 3. The van der Waals surface area contributed by atoms with Crippen LogP contribution in [0.1, 0.15) is 5.56 Å². The molecule has 0 radical (unpaired) electrons. The molecule has 6 N–H and O–H groups in total. The maximum atomic E-state index is 12.7. The molecule has 1 amide bonds. The molecule has 0 aliphatic carbocycles. The first-order valence-corrected chi connectivity index (χ1v) is 7.90. The molecule has 0 saturated carbocycles. The molecule has 0 bridgehead atoms. The maximum absolute atomic E-state index is 12.7. The number of carbonyl (C=O) groups is 1. The van der Waals surface area contributed by atoms with Gasteiger partial charge >= 0.3 is 6.18 Å². The third-order valence-electron chi connectivity index (χ3n) is 2.98. The van der Waals surface area contributed by atoms with Crippen molar-refractivity contribution in [2.75, 3.05) is 34.9 Å². The number of nitrogens with two attached hydrogens (primary N) is 2. The summed E-state index contributed by atoms with van der Waals surface area (Å²) in [4.78, 5) is 19.8. The summed E-state index contributed by atoms with van der Waals surface area (Å²) in [6, 6.07) is 4.37. The summed E-state index contributed by atoms with van der Waals surface area (Å²) < 4.78 is 38.0. The van der Waals surface area contributed by atoms with Crippen molar-refractivity contribution in [2.24, 2.45) is 0 Å². The number of carbonyl (C=O) groups excluding carboxylic acids is 1. The Morgan fingerprint density at radius 1 is 1.28 bits per heavy atom. The highest BCUT2D eigenvalue weighted by atomic mass is 32.2. The second-order valence-electron chi connectivity index (χ2n) is 4.81. The Balaban J connectivity index is 2.04. The molecule has 134 valence electrons. The Labute approximate surface area is 145 Å². The van der Waals surface area contributed by atoms with E-state index >= 15 is 0 Å². The highest BCUT2D eigenvalue weighted by molar-refractivity contribution is 8.00. The number of anilines is 4. The molecule has 1 heterocycles. The van der Waals surface area contributed by atoms with Crippen LogP contribution in [0.25, 0.3) is 0 Å². The first-order valence-electron chi connectivity index (χ1n) is 6.91. The number of thioether (sulfide) groups is 1. The Morgan fingerprint density at radius 3 is 2.64 bits per heavy atom. The van der Waals surface area contributed by atoms with Crippen LogP contribution in [-0.4, -0.2) is 28.7 Å². The predicted molar refractivity (Wildman–Crippen MR) is 91.2 cm³/mol. The van der Waals surface area contributed by atoms with Gasteiger partial charge in [0.05, 0.1) is 11.3 Å². The molecule has 0 aliphatic rings. The minimum atomic E-state index is -4.48. The first kappa shape index (κ1) is 18.6. The molecule has 0 atom stereocenters. The van der Waals surface area contributed by atoms with Crippen LogP contribution in [0.5, 0.6) is 0 Å². The van der Waals surface area contributed by atoms with E-state index in [1.165, 1.54) is 12.1 Å². The summed E-state index contributed by atoms with van der Waals surface area (Å²) >= 11 is 0.997. The van der Waals surface area contributed by atoms with E-state index in [1.807, 2.05) is 0 Å². The number of amides is 1. The van der Waals surface area contributed by atoms with E-state index in [9.17, 15) is 18.0 Å². The van der Waals surface area contributed by atoms with Crippen molar-refractivity contribution in [3.05, 3.63) is 29.8 Å². The average molecular weight is 372 g/mol. The Kier molecular flexibility index (Phi) is 5.57. The topological polar surface area (TPSA) is 119 Å². The summed E-state index contributed by atoms with van der Waals surface area (Å²) in [5, 5.41) is 5.45. The molecule has 0 aliphatic heterocycles. The van der Waals surface area contributed by atoms with Crippen LogP contribution in [0.3, 0.4) is 0 Å². The van der Waals surface area contributed by atoms with E-state index < -0.39 is 17.6 Å². The summed E-state index contributed by atoms with van der Waals surface area (Å²) in [6.45, 7) is 0. The monoisotopic (exact) mass is 372 g/mol. The predicted octanol–water partition coefficient (Wildman–Crippen LogP) is 2.43. The normalized spacial score (nSPS) is 11.2. The number of nitrogens with zero attached hydrogens (tertiary/aromatic N) is 2. The minimum Gasteiger partial charge on any atom is -0.394 e. The molecule has 2 rings (SSSR count). The molecule has 0 unspecified atom stereocenters. The third kappa shape index (κ3) is 4.89. The smallest absolute Gasteiger partial charge is 0.394 e. The largest absolute Gasteiger partial charge is 0.416 e. The SMILES string of the molecule is CNc1nc(N)nc(SCC(=O)Nc2cccc(C(F)(F)F)c2)c1N. The van der Waals surface area contributed by atoms with Gasteiger partial charge in [0.1, 0.15) is 10.7 Å². The first-order chi connectivity index (χ1) is 11.7. The van der Waals surface area contributed by atoms with Crippen molar-refractivity contribution >= 4 is 40.8 Å². The van der Waals surface area contributed by atoms with Gasteiger partial charge in [-0.3, -0.25) is 4.79 Å². The number of halogens is 3. The Morgan fingerprint density at radius 2 is 2.00 bits per heavy atom. The van der Waals surface area contributed by atoms with Gasteiger partial charge in [-0.25, -0.2) is 4.98 Å². The number of nitrogens with one attached hydrogen (secondary N) is 2. The molecule has 1 aromatic carbocycles. The number of aromatic nitrogens is 2. The quantitative estimate of drug-likeness (QED) is 0.470. The number of nitrogen functional groups attached to an aromatic ring is 2. The summed E-state index contributed by atoms with van der Waals surface area (Å²) in [7, 11) is 1.60. The lowest BCUT2D eigenvalue weighted by Gasteiger charge is -2.11. The van der Waals surface area contributed by atoms with E-state index in [-0.39, 0.29) is 23.1 Å². The van der Waals surface area contributed by atoms with Crippen molar-refractivity contribution in [1.82, 2.24) is 9.97 Å². The van der Waals surface area contributed by atoms with Crippen molar-refractivity contribution in [1.29, 1.82) is 0 Å². The van der Waals surface area contributed by atoms with Crippen LogP contribution in [0.2, 0.25) is 0 Å². The summed E-state index contributed by atoms with van der Waals surface area (Å²) in [6.07, 6.45) is -4.48. The van der Waals surface area contributed by atoms with Gasteiger partial charge in [-0.1, -0.05) is 17.8 Å². The van der Waals surface area contributed by atoms with E-state index in [2.05, 4.69) is 20.6 Å². The van der Waals surface area contributed by atoms with Gasteiger partial charge in [0, 0.05) is 12.7 Å². The Bertz CT molecular complexity index is 784. The van der Waals surface area contributed by atoms with E-state index in [0.29, 0.717) is 10.8 Å². The van der Waals surface area contributed by atoms with Gasteiger partial charge in [-0.15, -0.1) is 0 Å². The van der Waals surface area contributed by atoms with Crippen LogP contribution < -0.4 is 22.1 Å². The molecule has 2 aromatic rings. The molecule has 1 aromatic heterocycles. The minimum absolute atomic E-state index is 0.0145. The van der Waals surface area contributed by atoms with Gasteiger partial charge in [0.2, 0.25) is 11.9 Å². The summed E-state index contributed by atoms with van der Waals surface area (Å²) in [5.41, 5.74) is 10.8. The molecule has 0 fully saturated rings. The van der Waals surface area contributed by atoms with E-state index in [0.717, 1.165) is 23.9 Å². The zero-order valence-electron chi connectivity index (χ0n) is 13.0. The van der Waals surface area contributed by atoms with Gasteiger partial charge < -0.3 is 22.1 Å². The van der Waals surface area contributed by atoms with Crippen LogP contribution in [0.15, 0.2) is 29.3 Å². The van der Waals surface area contributed by atoms with Crippen LogP contribution in [-0.2, 0) is 11.0 Å². The zero-order valence-corrected chi connectivity index (χ0v) is 13.8. The van der Waals surface area contributed by atoms with Crippen molar-refractivity contribution in [2.45, 2.75) is 11.2 Å². The molecular weight excluding hydrogens is 357 g/mol. The fourth-order valence-corrected chi connectivity index (χ4v) is 2.62. The zero-order chi connectivity index (χ0) is 18.6. The second kappa shape index (κ2) is 7.47. The highest BCUT2D eigenvalue weighted by Gasteiger charge is 2.30. The molecule has 0 spiro atoms. The lowest BCUT2D eigenvalue weighted by molar-refractivity contribution is -0.137. The summed E-state index contributed by atoms with van der Waals surface area (Å²) in [5.74, 6) is -0.306. The number of rotatable bonds is 5. The van der Waals surface area contributed by atoms with E-state index in [4.69, 9.17) is 11.5 Å². The van der Waals surface area contributed by atoms with E-state index in [1.54, 1.807) is 7.05 Å². The third-order valence-corrected chi connectivity index (χ3v) is 3.97. The number of hydrogen-bond donors (Lipinski definition) is 4. The second-order valence-corrected chi connectivity index (χ2v) is 5.78. The Hall–Kier alpha value is -2.69. The fraction of sp³-hybridized carbons (Fsp3) is 0.214. The fourth-order valence-electron chi connectivity index (χ4n) is 1.87. The highest BCUT2D eigenvalue weighted by Crippen LogP contribution is 2.31. The van der Waals surface area contributed by atoms with Gasteiger partial charge in [-0.2, -0.15) is 18.2 Å². The van der Waals surface area contributed by atoms with Crippen molar-refractivity contribution in [3.63, 3.8) is 0 Å². The maximum Gasteiger partial charge on any atom is 0.416 e. The van der Waals surface area contributed by atoms with Gasteiger partial charge in [-0.05, 0) is 18.2 Å². The molecule has 25 heavy (non-hydrogen) atoms. The molecule has 7 nitrogen and oxygen atoms in total. The molecule has 0 saturated heterocycles. The van der Waals surface area contributed by atoms with Crippen LogP contribution in [0.4, 0.5) is 36.3 Å². The van der Waals surface area contributed by atoms with Crippen LogP contribution in [0, 0.1) is 0 Å². The average Bonchev–Trinajstić information content (AvgIpc) is 2.54. The number of benzene rings is 1. The van der Waals surface area contributed by atoms with Crippen molar-refractivity contribution in [3.8, 4) is 0 Å². The van der Waals surface area contributed by atoms with Crippen molar-refractivity contribution < 1.29 is 18.0 Å². The number of hydrogen-bond acceptors (Lipinski definition) is 7. The van der Waals surface area contributed by atoms with Crippen LogP contribution >= 0.6 is 11.8 Å². The molecular formula is C14H15F3N6OS. The lowest BCUT2D eigenvalue weighted by Crippen LogP contribution is -2.15. The van der Waals surface area contributed by atoms with Gasteiger partial charge in [0.25, 0.3) is 0 Å².